The van der Waals surface area contributed by atoms with Crippen LogP contribution in [0.15, 0.2) is 36.4 Å². The Labute approximate surface area is 177 Å². The molecule has 0 spiro atoms. The molecule has 1 aliphatic carbocycles. The molecule has 0 saturated heterocycles. The van der Waals surface area contributed by atoms with Gasteiger partial charge in [-0.2, -0.15) is 0 Å². The highest BCUT2D eigenvalue weighted by Gasteiger charge is 2.15. The number of methoxy groups -OCH3 is 1. The van der Waals surface area contributed by atoms with Crippen molar-refractivity contribution in [3.05, 3.63) is 58.7 Å². The number of hydrogen-bond donors (Lipinski definition) is 2. The first-order valence-electron chi connectivity index (χ1n) is 10.4. The molecule has 0 aromatic heterocycles. The summed E-state index contributed by atoms with van der Waals surface area (Å²) in [5.41, 5.74) is 4.63. The van der Waals surface area contributed by atoms with E-state index >= 15 is 0 Å². The van der Waals surface area contributed by atoms with E-state index < -0.39 is 5.97 Å². The summed E-state index contributed by atoms with van der Waals surface area (Å²) in [4.78, 5) is 24.1. The van der Waals surface area contributed by atoms with E-state index in [9.17, 15) is 14.7 Å². The maximum atomic E-state index is 12.2. The molecule has 30 heavy (non-hydrogen) atoms. The molecule has 3 rings (SSSR count). The summed E-state index contributed by atoms with van der Waals surface area (Å²) < 4.78 is 10.1. The number of amides is 1. The van der Waals surface area contributed by atoms with Crippen LogP contribution < -0.4 is 10.1 Å². The zero-order chi connectivity index (χ0) is 21.5. The molecular weight excluding hydrogens is 382 g/mol. The Balaban J connectivity index is 1.42. The summed E-state index contributed by atoms with van der Waals surface area (Å²) in [6.45, 7) is 1.63. The van der Waals surface area contributed by atoms with Crippen molar-refractivity contribution in [2.24, 2.45) is 0 Å². The van der Waals surface area contributed by atoms with Crippen LogP contribution in [-0.4, -0.2) is 30.7 Å². The second-order valence-corrected chi connectivity index (χ2v) is 7.69. The van der Waals surface area contributed by atoms with Gasteiger partial charge in [-0.3, -0.25) is 9.59 Å². The van der Waals surface area contributed by atoms with Gasteiger partial charge in [0.15, 0.2) is 18.1 Å². The van der Waals surface area contributed by atoms with Gasteiger partial charge in [0.25, 0.3) is 5.91 Å². The molecule has 0 heterocycles. The third-order valence-electron chi connectivity index (χ3n) is 5.48. The summed E-state index contributed by atoms with van der Waals surface area (Å²) in [6.07, 6.45) is 5.20. The Morgan fingerprint density at radius 1 is 1.10 bits per heavy atom. The van der Waals surface area contributed by atoms with E-state index in [1.807, 2.05) is 6.92 Å². The first-order valence-corrected chi connectivity index (χ1v) is 10.4. The molecule has 6 heteroatoms. The zero-order valence-electron chi connectivity index (χ0n) is 17.6. The number of aryl methyl sites for hydroxylation is 3. The van der Waals surface area contributed by atoms with Gasteiger partial charge >= 0.3 is 5.97 Å². The van der Waals surface area contributed by atoms with Crippen LogP contribution in [0.2, 0.25) is 0 Å². The fourth-order valence-corrected chi connectivity index (χ4v) is 3.74. The molecule has 0 radical (unpaired) electrons. The Bertz CT molecular complexity index is 908. The predicted octanol–water partition coefficient (Wildman–Crippen LogP) is 3.63. The molecule has 1 aliphatic rings. The number of aromatic hydroxyl groups is 1. The third kappa shape index (κ3) is 5.75. The normalized spacial score (nSPS) is 13.8. The highest BCUT2D eigenvalue weighted by molar-refractivity contribution is 5.80. The molecular formula is C24H29NO5. The molecule has 1 atom stereocenters. The minimum Gasteiger partial charge on any atom is -0.504 e. The van der Waals surface area contributed by atoms with Gasteiger partial charge in [0.2, 0.25) is 0 Å². The van der Waals surface area contributed by atoms with E-state index in [-0.39, 0.29) is 30.7 Å². The predicted molar refractivity (Wildman–Crippen MR) is 114 cm³/mol. The van der Waals surface area contributed by atoms with Crippen LogP contribution in [0.5, 0.6) is 11.5 Å². The monoisotopic (exact) mass is 411 g/mol. The molecule has 1 amide bonds. The number of carbonyl (C=O) groups excluding carboxylic acids is 2. The number of phenols is 1. The van der Waals surface area contributed by atoms with Crippen LogP contribution >= 0.6 is 0 Å². The fraction of sp³-hybridized carbons (Fsp3) is 0.417. The van der Waals surface area contributed by atoms with E-state index in [2.05, 4.69) is 23.5 Å². The van der Waals surface area contributed by atoms with Gasteiger partial charge in [-0.05, 0) is 73.4 Å². The fourth-order valence-electron chi connectivity index (χ4n) is 3.74. The van der Waals surface area contributed by atoms with E-state index in [0.717, 1.165) is 24.0 Å². The maximum Gasteiger partial charge on any atom is 0.306 e. The maximum absolute atomic E-state index is 12.2. The smallest absolute Gasteiger partial charge is 0.306 e. The number of fused-ring (bicyclic) bond motifs is 1. The van der Waals surface area contributed by atoms with Gasteiger partial charge in [0.05, 0.1) is 13.2 Å². The Kier molecular flexibility index (Phi) is 7.33. The van der Waals surface area contributed by atoms with Gasteiger partial charge < -0.3 is 19.9 Å². The average molecular weight is 411 g/mol. The molecule has 0 bridgehead atoms. The summed E-state index contributed by atoms with van der Waals surface area (Å²) in [5, 5.41) is 12.7. The van der Waals surface area contributed by atoms with Crippen molar-refractivity contribution in [2.75, 3.05) is 13.7 Å². The number of benzene rings is 2. The summed E-state index contributed by atoms with van der Waals surface area (Å²) in [6, 6.07) is 11.2. The van der Waals surface area contributed by atoms with Crippen LogP contribution in [0.1, 0.15) is 54.5 Å². The van der Waals surface area contributed by atoms with Gasteiger partial charge in [0.1, 0.15) is 0 Å². The first-order chi connectivity index (χ1) is 14.5. The van der Waals surface area contributed by atoms with Crippen molar-refractivity contribution in [2.45, 2.75) is 51.5 Å². The van der Waals surface area contributed by atoms with Crippen LogP contribution in [0, 0.1) is 0 Å². The third-order valence-corrected chi connectivity index (χ3v) is 5.48. The first kappa shape index (κ1) is 21.7. The Morgan fingerprint density at radius 3 is 2.60 bits per heavy atom. The van der Waals surface area contributed by atoms with Crippen molar-refractivity contribution in [3.63, 3.8) is 0 Å². The van der Waals surface area contributed by atoms with Crippen molar-refractivity contribution in [3.8, 4) is 11.5 Å². The molecule has 2 N–H and O–H groups in total. The van der Waals surface area contributed by atoms with Crippen LogP contribution in [0.3, 0.4) is 0 Å². The van der Waals surface area contributed by atoms with E-state index in [1.165, 1.54) is 31.1 Å². The Morgan fingerprint density at radius 2 is 1.87 bits per heavy atom. The lowest BCUT2D eigenvalue weighted by atomic mass is 9.89. The standard InChI is InChI=1S/C24H29NO5/c1-16(19-10-9-18-5-3-4-6-20(18)14-19)25-23(27)15-30-24(28)12-8-17-7-11-22(29-2)21(26)13-17/h7,9-11,13-14,16,26H,3-6,8,12,15H2,1-2H3,(H,25,27). The number of hydrogen-bond acceptors (Lipinski definition) is 5. The number of rotatable bonds is 8. The summed E-state index contributed by atoms with van der Waals surface area (Å²) in [7, 11) is 1.48. The molecule has 1 unspecified atom stereocenters. The number of carbonyl (C=O) groups is 2. The minimum atomic E-state index is -0.457. The molecule has 0 saturated carbocycles. The molecule has 2 aromatic carbocycles. The molecule has 0 fully saturated rings. The highest BCUT2D eigenvalue weighted by Crippen LogP contribution is 2.27. The van der Waals surface area contributed by atoms with Gasteiger partial charge in [0, 0.05) is 6.42 Å². The second-order valence-electron chi connectivity index (χ2n) is 7.69. The lowest BCUT2D eigenvalue weighted by Gasteiger charge is -2.20. The lowest BCUT2D eigenvalue weighted by Crippen LogP contribution is -2.31. The molecule has 6 nitrogen and oxygen atoms in total. The van der Waals surface area contributed by atoms with Crippen molar-refractivity contribution >= 4 is 11.9 Å². The highest BCUT2D eigenvalue weighted by atomic mass is 16.5. The quantitative estimate of drug-likeness (QED) is 0.648. The SMILES string of the molecule is COc1ccc(CCC(=O)OCC(=O)NC(C)c2ccc3c(c2)CCCC3)cc1O. The van der Waals surface area contributed by atoms with Crippen molar-refractivity contribution < 1.29 is 24.2 Å². The van der Waals surface area contributed by atoms with E-state index in [4.69, 9.17) is 9.47 Å². The van der Waals surface area contributed by atoms with Crippen LogP contribution in [0.4, 0.5) is 0 Å². The van der Waals surface area contributed by atoms with Gasteiger partial charge in [-0.1, -0.05) is 24.3 Å². The molecule has 0 aliphatic heterocycles. The zero-order valence-corrected chi connectivity index (χ0v) is 17.6. The Hall–Kier alpha value is -3.02. The summed E-state index contributed by atoms with van der Waals surface area (Å²) >= 11 is 0. The largest absolute Gasteiger partial charge is 0.504 e. The summed E-state index contributed by atoms with van der Waals surface area (Å²) in [5.74, 6) is -0.373. The van der Waals surface area contributed by atoms with E-state index in [1.54, 1.807) is 18.2 Å². The molecule has 160 valence electrons. The van der Waals surface area contributed by atoms with Gasteiger partial charge in [-0.25, -0.2) is 0 Å². The number of esters is 1. The van der Waals surface area contributed by atoms with Crippen LogP contribution in [-0.2, 0) is 33.6 Å². The van der Waals surface area contributed by atoms with Crippen molar-refractivity contribution in [1.29, 1.82) is 0 Å². The lowest BCUT2D eigenvalue weighted by molar-refractivity contribution is -0.148. The van der Waals surface area contributed by atoms with Gasteiger partial charge in [-0.15, -0.1) is 0 Å². The van der Waals surface area contributed by atoms with Crippen LogP contribution in [0.25, 0.3) is 0 Å². The number of nitrogens with one attached hydrogen (secondary N) is 1. The second kappa shape index (κ2) is 10.1. The van der Waals surface area contributed by atoms with Crippen molar-refractivity contribution in [1.82, 2.24) is 5.32 Å². The number of ether oxygens (including phenoxy) is 2. The topological polar surface area (TPSA) is 84.9 Å². The average Bonchev–Trinajstić information content (AvgIpc) is 2.76. The minimum absolute atomic E-state index is 0.0268. The number of phenolic OH excluding ortho intramolecular Hbond substituents is 1. The van der Waals surface area contributed by atoms with E-state index in [0.29, 0.717) is 12.2 Å². The molecule has 2 aromatic rings.